The SMILES string of the molecule is CC(C)(C)OC(=O)Nc1oc2cc(Br)cnc2c1C(=O)O. The maximum atomic E-state index is 11.7. The van der Waals surface area contributed by atoms with E-state index in [1.165, 1.54) is 6.20 Å². The number of halogens is 1. The van der Waals surface area contributed by atoms with Crippen LogP contribution in [0.1, 0.15) is 31.1 Å². The number of rotatable bonds is 2. The Hall–Kier alpha value is -2.09. The minimum atomic E-state index is -1.25. The molecular formula is C13H13BrN2O5. The van der Waals surface area contributed by atoms with Crippen LogP contribution in [0.3, 0.4) is 0 Å². The third-order valence-corrected chi connectivity index (χ3v) is 2.76. The summed E-state index contributed by atoms with van der Waals surface area (Å²) in [5, 5.41) is 11.6. The summed E-state index contributed by atoms with van der Waals surface area (Å²) in [6.07, 6.45) is 0.643. The average Bonchev–Trinajstić information content (AvgIpc) is 2.62. The van der Waals surface area contributed by atoms with Gasteiger partial charge in [-0.1, -0.05) is 0 Å². The largest absolute Gasteiger partial charge is 0.477 e. The van der Waals surface area contributed by atoms with Gasteiger partial charge in [0.15, 0.2) is 5.58 Å². The molecule has 0 unspecified atom stereocenters. The van der Waals surface area contributed by atoms with E-state index in [1.54, 1.807) is 26.8 Å². The number of carbonyl (C=O) groups is 2. The fourth-order valence-electron chi connectivity index (χ4n) is 1.64. The monoisotopic (exact) mass is 356 g/mol. The van der Waals surface area contributed by atoms with E-state index in [2.05, 4.69) is 26.2 Å². The summed E-state index contributed by atoms with van der Waals surface area (Å²) in [6, 6.07) is 1.56. The van der Waals surface area contributed by atoms with Crippen LogP contribution in [0, 0.1) is 0 Å². The molecule has 2 heterocycles. The van der Waals surface area contributed by atoms with Gasteiger partial charge in [-0.2, -0.15) is 0 Å². The van der Waals surface area contributed by atoms with Crippen LogP contribution in [0.25, 0.3) is 11.1 Å². The molecule has 0 saturated heterocycles. The molecule has 0 aliphatic heterocycles. The molecule has 0 saturated carbocycles. The highest BCUT2D eigenvalue weighted by atomic mass is 79.9. The van der Waals surface area contributed by atoms with Crippen molar-refractivity contribution >= 4 is 45.0 Å². The Labute approximate surface area is 128 Å². The molecular weight excluding hydrogens is 344 g/mol. The number of aromatic nitrogens is 1. The second kappa shape index (κ2) is 5.36. The molecule has 0 aromatic carbocycles. The summed E-state index contributed by atoms with van der Waals surface area (Å²) < 4.78 is 11.0. The molecule has 7 nitrogen and oxygen atoms in total. The smallest absolute Gasteiger partial charge is 0.414 e. The highest BCUT2D eigenvalue weighted by Gasteiger charge is 2.25. The quantitative estimate of drug-likeness (QED) is 0.851. The van der Waals surface area contributed by atoms with Crippen molar-refractivity contribution in [1.29, 1.82) is 0 Å². The maximum Gasteiger partial charge on any atom is 0.414 e. The molecule has 112 valence electrons. The number of fused-ring (bicyclic) bond motifs is 1. The Bertz CT molecular complexity index is 717. The number of aromatic carboxylic acids is 1. The van der Waals surface area contributed by atoms with Crippen molar-refractivity contribution in [2.24, 2.45) is 0 Å². The van der Waals surface area contributed by atoms with Crippen LogP contribution < -0.4 is 5.32 Å². The predicted molar refractivity (Wildman–Crippen MR) is 78.5 cm³/mol. The number of nitrogens with zero attached hydrogens (tertiary/aromatic N) is 1. The van der Waals surface area contributed by atoms with Crippen molar-refractivity contribution in [2.75, 3.05) is 5.32 Å². The van der Waals surface area contributed by atoms with Gasteiger partial charge in [-0.3, -0.25) is 10.3 Å². The summed E-state index contributed by atoms with van der Waals surface area (Å²) in [5.41, 5.74) is -0.534. The zero-order valence-corrected chi connectivity index (χ0v) is 13.1. The number of anilines is 1. The lowest BCUT2D eigenvalue weighted by Crippen LogP contribution is -2.27. The summed E-state index contributed by atoms with van der Waals surface area (Å²) in [5.74, 6) is -1.47. The molecule has 2 aromatic rings. The van der Waals surface area contributed by atoms with Gasteiger partial charge in [0.1, 0.15) is 16.7 Å². The molecule has 21 heavy (non-hydrogen) atoms. The lowest BCUT2D eigenvalue weighted by atomic mass is 10.2. The number of ether oxygens (including phenoxy) is 1. The Morgan fingerprint density at radius 3 is 2.67 bits per heavy atom. The second-order valence-corrected chi connectivity index (χ2v) is 6.15. The van der Waals surface area contributed by atoms with Gasteiger partial charge in [-0.05, 0) is 42.8 Å². The molecule has 0 aliphatic rings. The van der Waals surface area contributed by atoms with Crippen LogP contribution in [-0.2, 0) is 4.74 Å². The van der Waals surface area contributed by atoms with Crippen LogP contribution in [0.4, 0.5) is 10.7 Å². The maximum absolute atomic E-state index is 11.7. The molecule has 0 bridgehead atoms. The normalized spacial score (nSPS) is 11.4. The van der Waals surface area contributed by atoms with E-state index < -0.39 is 17.7 Å². The highest BCUT2D eigenvalue weighted by Crippen LogP contribution is 2.30. The summed E-state index contributed by atoms with van der Waals surface area (Å²) in [4.78, 5) is 27.1. The lowest BCUT2D eigenvalue weighted by Gasteiger charge is -2.19. The van der Waals surface area contributed by atoms with E-state index >= 15 is 0 Å². The van der Waals surface area contributed by atoms with Crippen LogP contribution >= 0.6 is 15.9 Å². The first-order valence-electron chi connectivity index (χ1n) is 5.99. The third kappa shape index (κ3) is 3.52. The van der Waals surface area contributed by atoms with Crippen molar-refractivity contribution in [1.82, 2.24) is 4.98 Å². The Morgan fingerprint density at radius 1 is 1.43 bits per heavy atom. The number of hydrogen-bond acceptors (Lipinski definition) is 5. The van der Waals surface area contributed by atoms with Crippen molar-refractivity contribution in [3.05, 3.63) is 22.3 Å². The minimum absolute atomic E-state index is 0.150. The topological polar surface area (TPSA) is 102 Å². The average molecular weight is 357 g/mol. The molecule has 8 heteroatoms. The molecule has 0 fully saturated rings. The summed E-state index contributed by atoms with van der Waals surface area (Å²) in [6.45, 7) is 5.09. The van der Waals surface area contributed by atoms with Gasteiger partial charge in [0.2, 0.25) is 5.88 Å². The van der Waals surface area contributed by atoms with Crippen LogP contribution in [0.2, 0.25) is 0 Å². The number of carboxylic acid groups (broad SMARTS) is 1. The van der Waals surface area contributed by atoms with Gasteiger partial charge in [-0.25, -0.2) is 9.59 Å². The Balaban J connectivity index is 2.41. The molecule has 0 aliphatic carbocycles. The number of carbonyl (C=O) groups excluding carboxylic acids is 1. The molecule has 0 atom stereocenters. The molecule has 0 radical (unpaired) electrons. The number of hydrogen-bond donors (Lipinski definition) is 2. The van der Waals surface area contributed by atoms with Crippen LogP contribution in [-0.4, -0.2) is 27.8 Å². The summed E-state index contributed by atoms with van der Waals surface area (Å²) >= 11 is 3.21. The number of pyridine rings is 1. The first-order valence-corrected chi connectivity index (χ1v) is 6.78. The molecule has 2 aromatic heterocycles. The first-order chi connectivity index (χ1) is 9.67. The molecule has 1 amide bonds. The summed E-state index contributed by atoms with van der Waals surface area (Å²) in [7, 11) is 0. The fourth-order valence-corrected chi connectivity index (χ4v) is 1.95. The fraction of sp³-hybridized carbons (Fsp3) is 0.308. The molecule has 0 spiro atoms. The number of amides is 1. The third-order valence-electron chi connectivity index (χ3n) is 2.32. The molecule has 2 rings (SSSR count). The zero-order valence-electron chi connectivity index (χ0n) is 11.6. The van der Waals surface area contributed by atoms with E-state index in [-0.39, 0.29) is 22.5 Å². The van der Waals surface area contributed by atoms with E-state index in [9.17, 15) is 14.7 Å². The first kappa shape index (κ1) is 15.3. The van der Waals surface area contributed by atoms with Crippen LogP contribution in [0.5, 0.6) is 0 Å². The number of nitrogens with one attached hydrogen (secondary N) is 1. The Kier molecular flexibility index (Phi) is 3.91. The van der Waals surface area contributed by atoms with Crippen molar-refractivity contribution in [3.63, 3.8) is 0 Å². The number of furan rings is 1. The standard InChI is InChI=1S/C13H13BrN2O5/c1-13(2,3)21-12(19)16-10-8(11(17)18)9-7(20-10)4-6(14)5-15-9/h4-5H,1-3H3,(H,16,19)(H,17,18). The van der Waals surface area contributed by atoms with Gasteiger partial charge < -0.3 is 14.3 Å². The predicted octanol–water partition coefficient (Wildman–Crippen LogP) is 3.64. The van der Waals surface area contributed by atoms with Gasteiger partial charge in [0.05, 0.1) is 0 Å². The van der Waals surface area contributed by atoms with Crippen molar-refractivity contribution < 1.29 is 23.8 Å². The van der Waals surface area contributed by atoms with Gasteiger partial charge in [-0.15, -0.1) is 0 Å². The lowest BCUT2D eigenvalue weighted by molar-refractivity contribution is 0.0633. The van der Waals surface area contributed by atoms with E-state index in [1.807, 2.05) is 0 Å². The minimum Gasteiger partial charge on any atom is -0.477 e. The van der Waals surface area contributed by atoms with Gasteiger partial charge in [0, 0.05) is 10.7 Å². The zero-order chi connectivity index (χ0) is 15.8. The number of carboxylic acids is 1. The van der Waals surface area contributed by atoms with E-state index in [4.69, 9.17) is 9.15 Å². The Morgan fingerprint density at radius 2 is 2.10 bits per heavy atom. The van der Waals surface area contributed by atoms with Crippen molar-refractivity contribution in [3.8, 4) is 0 Å². The van der Waals surface area contributed by atoms with E-state index in [0.29, 0.717) is 4.47 Å². The van der Waals surface area contributed by atoms with Crippen molar-refractivity contribution in [2.45, 2.75) is 26.4 Å². The van der Waals surface area contributed by atoms with Gasteiger partial charge in [0.25, 0.3) is 0 Å². The van der Waals surface area contributed by atoms with E-state index in [0.717, 1.165) is 0 Å². The van der Waals surface area contributed by atoms with Gasteiger partial charge >= 0.3 is 12.1 Å². The molecule has 2 N–H and O–H groups in total. The highest BCUT2D eigenvalue weighted by molar-refractivity contribution is 9.10. The second-order valence-electron chi connectivity index (χ2n) is 5.24. The van der Waals surface area contributed by atoms with Crippen LogP contribution in [0.15, 0.2) is 21.2 Å².